The summed E-state index contributed by atoms with van der Waals surface area (Å²) in [5.74, 6) is -0.205. The summed E-state index contributed by atoms with van der Waals surface area (Å²) in [7, 11) is 0. The Hall–Kier alpha value is -3.11. The van der Waals surface area contributed by atoms with Crippen LogP contribution >= 0.6 is 11.6 Å². The monoisotopic (exact) mass is 490 g/mol. The van der Waals surface area contributed by atoms with Gasteiger partial charge in [0.05, 0.1) is 6.42 Å². The first-order valence-corrected chi connectivity index (χ1v) is 12.7. The van der Waals surface area contributed by atoms with Crippen molar-refractivity contribution >= 4 is 23.4 Å². The van der Waals surface area contributed by atoms with Gasteiger partial charge in [-0.25, -0.2) is 0 Å². The van der Waals surface area contributed by atoms with Crippen LogP contribution in [0.3, 0.4) is 0 Å². The summed E-state index contributed by atoms with van der Waals surface area (Å²) in [6.07, 6.45) is 2.56. The first-order chi connectivity index (χ1) is 16.9. The molecule has 0 aliphatic heterocycles. The number of carbonyl (C=O) groups excluding carboxylic acids is 2. The van der Waals surface area contributed by atoms with Crippen LogP contribution in [-0.4, -0.2) is 29.3 Å². The minimum absolute atomic E-state index is 0.0785. The smallest absolute Gasteiger partial charge is 0.243 e. The van der Waals surface area contributed by atoms with E-state index in [9.17, 15) is 9.59 Å². The molecule has 1 atom stereocenters. The van der Waals surface area contributed by atoms with Crippen molar-refractivity contribution in [2.45, 2.75) is 59.0 Å². The van der Waals surface area contributed by atoms with Crippen molar-refractivity contribution in [3.63, 3.8) is 0 Å². The highest BCUT2D eigenvalue weighted by atomic mass is 35.5. The summed E-state index contributed by atoms with van der Waals surface area (Å²) in [4.78, 5) is 29.0. The van der Waals surface area contributed by atoms with Gasteiger partial charge in [0.25, 0.3) is 0 Å². The van der Waals surface area contributed by atoms with E-state index in [1.54, 1.807) is 4.90 Å². The van der Waals surface area contributed by atoms with Gasteiger partial charge in [0.2, 0.25) is 11.8 Å². The number of rotatable bonds is 11. The number of halogens is 1. The molecule has 0 radical (unpaired) electrons. The standard InChI is InChI=1S/C30H35ClN2O2/c1-4-5-16-32-30(35)28(19-24-10-7-6-8-11-24)33(21-25-12-9-13-27(31)18-25)29(34)20-26-17-22(2)14-15-23(26)3/h6-15,17-18,28H,4-5,16,19-21H2,1-3H3,(H,32,35). The lowest BCUT2D eigenvalue weighted by Gasteiger charge is -2.32. The molecule has 3 aromatic carbocycles. The van der Waals surface area contributed by atoms with Crippen LogP contribution in [0.15, 0.2) is 72.8 Å². The van der Waals surface area contributed by atoms with Crippen molar-refractivity contribution in [3.05, 3.63) is 106 Å². The molecule has 0 saturated carbocycles. The first kappa shape index (κ1) is 26.5. The second-order valence-electron chi connectivity index (χ2n) is 9.11. The van der Waals surface area contributed by atoms with Crippen LogP contribution in [-0.2, 0) is 29.0 Å². The largest absolute Gasteiger partial charge is 0.354 e. The third-order valence-electron chi connectivity index (χ3n) is 6.19. The summed E-state index contributed by atoms with van der Waals surface area (Å²) in [6, 6.07) is 22.9. The van der Waals surface area contributed by atoms with Gasteiger partial charge in [-0.3, -0.25) is 9.59 Å². The van der Waals surface area contributed by atoms with Crippen molar-refractivity contribution in [3.8, 4) is 0 Å². The Balaban J connectivity index is 1.97. The maximum atomic E-state index is 13.8. The van der Waals surface area contributed by atoms with Crippen LogP contribution in [0.1, 0.15) is 47.6 Å². The molecule has 5 heteroatoms. The van der Waals surface area contributed by atoms with Crippen LogP contribution in [0.4, 0.5) is 0 Å². The molecule has 0 fully saturated rings. The van der Waals surface area contributed by atoms with E-state index in [1.807, 2.05) is 80.6 Å². The summed E-state index contributed by atoms with van der Waals surface area (Å²) in [5, 5.41) is 3.67. The van der Waals surface area contributed by atoms with Crippen molar-refractivity contribution in [1.29, 1.82) is 0 Å². The Kier molecular flexibility index (Phi) is 9.92. The van der Waals surface area contributed by atoms with Crippen LogP contribution in [0.2, 0.25) is 5.02 Å². The van der Waals surface area contributed by atoms with Crippen LogP contribution in [0, 0.1) is 13.8 Å². The molecule has 0 bridgehead atoms. The van der Waals surface area contributed by atoms with Crippen LogP contribution in [0.25, 0.3) is 0 Å². The molecule has 0 heterocycles. The highest BCUT2D eigenvalue weighted by Gasteiger charge is 2.30. The normalized spacial score (nSPS) is 11.7. The lowest BCUT2D eigenvalue weighted by atomic mass is 9.99. The van der Waals surface area contributed by atoms with E-state index in [0.717, 1.165) is 40.7 Å². The number of aryl methyl sites for hydroxylation is 2. The third-order valence-corrected chi connectivity index (χ3v) is 6.42. The number of unbranched alkanes of at least 4 members (excludes halogenated alkanes) is 1. The van der Waals surface area contributed by atoms with Gasteiger partial charge in [0.1, 0.15) is 6.04 Å². The number of benzene rings is 3. The van der Waals surface area contributed by atoms with Gasteiger partial charge in [-0.1, -0.05) is 91.2 Å². The Bertz CT molecular complexity index is 1130. The quantitative estimate of drug-likeness (QED) is 0.332. The molecule has 0 aliphatic carbocycles. The lowest BCUT2D eigenvalue weighted by molar-refractivity contribution is -0.140. The molecule has 35 heavy (non-hydrogen) atoms. The highest BCUT2D eigenvalue weighted by Crippen LogP contribution is 2.20. The van der Waals surface area contributed by atoms with Crippen molar-refractivity contribution in [2.24, 2.45) is 0 Å². The molecule has 1 unspecified atom stereocenters. The van der Waals surface area contributed by atoms with E-state index >= 15 is 0 Å². The molecular formula is C30H35ClN2O2. The SMILES string of the molecule is CCCCNC(=O)C(Cc1ccccc1)N(Cc1cccc(Cl)c1)C(=O)Cc1cc(C)ccc1C. The Morgan fingerprint density at radius 3 is 2.40 bits per heavy atom. The Morgan fingerprint density at radius 2 is 1.69 bits per heavy atom. The number of carbonyl (C=O) groups is 2. The zero-order chi connectivity index (χ0) is 25.2. The lowest BCUT2D eigenvalue weighted by Crippen LogP contribution is -2.51. The van der Waals surface area contributed by atoms with E-state index in [1.165, 1.54) is 0 Å². The zero-order valence-corrected chi connectivity index (χ0v) is 21.6. The van der Waals surface area contributed by atoms with E-state index in [-0.39, 0.29) is 18.2 Å². The number of hydrogen-bond acceptors (Lipinski definition) is 2. The fraction of sp³-hybridized carbons (Fsp3) is 0.333. The van der Waals surface area contributed by atoms with Crippen LogP contribution in [0.5, 0.6) is 0 Å². The minimum atomic E-state index is -0.633. The maximum Gasteiger partial charge on any atom is 0.243 e. The van der Waals surface area contributed by atoms with Crippen molar-refractivity contribution < 1.29 is 9.59 Å². The highest BCUT2D eigenvalue weighted by molar-refractivity contribution is 6.30. The molecule has 1 N–H and O–H groups in total. The third kappa shape index (κ3) is 7.97. The molecule has 0 aromatic heterocycles. The average molecular weight is 491 g/mol. The second-order valence-corrected chi connectivity index (χ2v) is 9.54. The molecule has 0 aliphatic rings. The van der Waals surface area contributed by atoms with Crippen LogP contribution < -0.4 is 5.32 Å². The topological polar surface area (TPSA) is 49.4 Å². The fourth-order valence-corrected chi connectivity index (χ4v) is 4.36. The number of amides is 2. The molecular weight excluding hydrogens is 456 g/mol. The van der Waals surface area contributed by atoms with E-state index < -0.39 is 6.04 Å². The Morgan fingerprint density at radius 1 is 0.943 bits per heavy atom. The molecule has 0 spiro atoms. The average Bonchev–Trinajstić information content (AvgIpc) is 2.84. The van der Waals surface area contributed by atoms with Gasteiger partial charge in [-0.05, 0) is 54.7 Å². The summed E-state index contributed by atoms with van der Waals surface area (Å²) in [6.45, 7) is 7.03. The van der Waals surface area contributed by atoms with Gasteiger partial charge in [-0.15, -0.1) is 0 Å². The van der Waals surface area contributed by atoms with Crippen molar-refractivity contribution in [1.82, 2.24) is 10.2 Å². The predicted molar refractivity (Wildman–Crippen MR) is 143 cm³/mol. The first-order valence-electron chi connectivity index (χ1n) is 12.3. The van der Waals surface area contributed by atoms with Gasteiger partial charge < -0.3 is 10.2 Å². The van der Waals surface area contributed by atoms with Crippen molar-refractivity contribution in [2.75, 3.05) is 6.54 Å². The number of hydrogen-bond donors (Lipinski definition) is 1. The van der Waals surface area contributed by atoms with E-state index in [2.05, 4.69) is 18.3 Å². The van der Waals surface area contributed by atoms with Gasteiger partial charge >= 0.3 is 0 Å². The molecule has 3 aromatic rings. The van der Waals surface area contributed by atoms with Gasteiger partial charge in [0.15, 0.2) is 0 Å². The summed E-state index contributed by atoms with van der Waals surface area (Å²) < 4.78 is 0. The van der Waals surface area contributed by atoms with E-state index in [4.69, 9.17) is 11.6 Å². The summed E-state index contributed by atoms with van der Waals surface area (Å²) >= 11 is 6.25. The molecule has 3 rings (SSSR count). The molecule has 0 saturated heterocycles. The molecule has 184 valence electrons. The van der Waals surface area contributed by atoms with Gasteiger partial charge in [0, 0.05) is 24.5 Å². The molecule has 4 nitrogen and oxygen atoms in total. The summed E-state index contributed by atoms with van der Waals surface area (Å²) in [5.41, 5.74) is 5.07. The maximum absolute atomic E-state index is 13.8. The second kappa shape index (κ2) is 13.1. The van der Waals surface area contributed by atoms with Gasteiger partial charge in [-0.2, -0.15) is 0 Å². The number of nitrogens with one attached hydrogen (secondary N) is 1. The van der Waals surface area contributed by atoms with E-state index in [0.29, 0.717) is 24.5 Å². The number of nitrogens with zero attached hydrogens (tertiary/aromatic N) is 1. The molecule has 2 amide bonds. The Labute approximate surface area is 214 Å². The predicted octanol–water partition coefficient (Wildman–Crippen LogP) is 6.06. The fourth-order valence-electron chi connectivity index (χ4n) is 4.15. The minimum Gasteiger partial charge on any atom is -0.354 e. The zero-order valence-electron chi connectivity index (χ0n) is 20.9.